The number of benzene rings is 2. The summed E-state index contributed by atoms with van der Waals surface area (Å²) in [4.78, 5) is 4.16. The number of fused-ring (bicyclic) bond motifs is 3. The number of pyridine rings is 1. The van der Waals surface area contributed by atoms with Gasteiger partial charge in [-0.2, -0.15) is 8.78 Å². The predicted octanol–water partition coefficient (Wildman–Crippen LogP) is 6.01. The van der Waals surface area contributed by atoms with Crippen molar-refractivity contribution in [3.05, 3.63) is 53.7 Å². The Morgan fingerprint density at radius 3 is 2.23 bits per heavy atom. The Hall–Kier alpha value is -1.88. The van der Waals surface area contributed by atoms with Gasteiger partial charge in [-0.15, -0.1) is 0 Å². The summed E-state index contributed by atoms with van der Waals surface area (Å²) in [6, 6.07) is 12.1. The summed E-state index contributed by atoms with van der Waals surface area (Å²) in [6.45, 7) is 4.61. The summed E-state index contributed by atoms with van der Waals surface area (Å²) in [5.74, 6) is 0. The number of nitrogens with zero attached hydrogens (tertiary/aromatic N) is 1. The van der Waals surface area contributed by atoms with Crippen LogP contribution in [-0.2, 0) is 19.3 Å². The van der Waals surface area contributed by atoms with Crippen LogP contribution in [0.1, 0.15) is 25.1 Å². The van der Waals surface area contributed by atoms with Crippen molar-refractivity contribution in [2.24, 2.45) is 0 Å². The van der Waals surface area contributed by atoms with Gasteiger partial charge < -0.3 is 9.05 Å². The zero-order valence-corrected chi connectivity index (χ0v) is 15.7. The molecule has 0 bridgehead atoms. The predicted molar refractivity (Wildman–Crippen MR) is 98.7 cm³/mol. The summed E-state index contributed by atoms with van der Waals surface area (Å²) in [6.07, 6.45) is 0. The van der Waals surface area contributed by atoms with Gasteiger partial charge in [0.05, 0.1) is 18.7 Å². The Kier molecular flexibility index (Phi) is 5.11. The van der Waals surface area contributed by atoms with Gasteiger partial charge in [-0.25, -0.2) is 4.98 Å². The minimum atomic E-state index is -4.73. The van der Waals surface area contributed by atoms with Crippen LogP contribution >= 0.6 is 7.60 Å². The fourth-order valence-electron chi connectivity index (χ4n) is 2.97. The molecule has 7 heteroatoms. The summed E-state index contributed by atoms with van der Waals surface area (Å²) < 4.78 is 53.3. The quantitative estimate of drug-likeness (QED) is 0.389. The van der Waals surface area contributed by atoms with Crippen molar-refractivity contribution < 1.29 is 22.4 Å². The first kappa shape index (κ1) is 18.9. The van der Waals surface area contributed by atoms with Crippen LogP contribution in [0.15, 0.2) is 42.5 Å². The third kappa shape index (κ3) is 3.02. The number of aromatic nitrogens is 1. The van der Waals surface area contributed by atoms with Crippen LogP contribution in [0.3, 0.4) is 0 Å². The number of alkyl halides is 2. The Morgan fingerprint density at radius 1 is 1.00 bits per heavy atom. The van der Waals surface area contributed by atoms with Crippen LogP contribution in [0.2, 0.25) is 0 Å². The van der Waals surface area contributed by atoms with Crippen molar-refractivity contribution in [3.63, 3.8) is 0 Å². The van der Waals surface area contributed by atoms with Crippen molar-refractivity contribution in [3.8, 4) is 0 Å². The van der Waals surface area contributed by atoms with E-state index in [0.717, 1.165) is 10.9 Å². The van der Waals surface area contributed by atoms with Gasteiger partial charge in [0.2, 0.25) is 0 Å². The van der Waals surface area contributed by atoms with Crippen LogP contribution in [0.5, 0.6) is 0 Å². The van der Waals surface area contributed by atoms with Gasteiger partial charge in [0.1, 0.15) is 5.69 Å². The lowest BCUT2D eigenvalue weighted by Crippen LogP contribution is -2.20. The molecule has 0 fully saturated rings. The van der Waals surface area contributed by atoms with Crippen molar-refractivity contribution in [1.82, 2.24) is 4.98 Å². The number of hydrogen-bond donors (Lipinski definition) is 0. The molecule has 4 nitrogen and oxygen atoms in total. The van der Waals surface area contributed by atoms with Gasteiger partial charge in [0.25, 0.3) is 0 Å². The minimum Gasteiger partial charge on any atom is -0.304 e. The average molecular weight is 379 g/mol. The second-order valence-electron chi connectivity index (χ2n) is 5.90. The lowest BCUT2D eigenvalue weighted by molar-refractivity contribution is 0.0340. The topological polar surface area (TPSA) is 48.4 Å². The van der Waals surface area contributed by atoms with Crippen LogP contribution in [-0.4, -0.2) is 18.2 Å². The normalized spacial score (nSPS) is 12.8. The molecule has 0 unspecified atom stereocenters. The van der Waals surface area contributed by atoms with Gasteiger partial charge in [-0.05, 0) is 38.3 Å². The molecule has 2 aromatic carbocycles. The van der Waals surface area contributed by atoms with Gasteiger partial charge in [-0.1, -0.05) is 35.9 Å². The molecule has 0 amide bonds. The first-order valence-corrected chi connectivity index (χ1v) is 9.95. The van der Waals surface area contributed by atoms with E-state index in [1.807, 2.05) is 13.0 Å². The third-order valence-corrected chi connectivity index (χ3v) is 6.18. The molecule has 26 heavy (non-hydrogen) atoms. The van der Waals surface area contributed by atoms with E-state index in [9.17, 15) is 4.57 Å². The molecule has 0 N–H and O–H groups in total. The van der Waals surface area contributed by atoms with E-state index in [2.05, 4.69) is 4.98 Å². The van der Waals surface area contributed by atoms with E-state index in [4.69, 9.17) is 9.05 Å². The van der Waals surface area contributed by atoms with Crippen molar-refractivity contribution in [1.29, 1.82) is 0 Å². The molecule has 1 aromatic heterocycles. The second kappa shape index (κ2) is 7.03. The van der Waals surface area contributed by atoms with Crippen LogP contribution < -0.4 is 0 Å². The molecule has 0 aliphatic rings. The summed E-state index contributed by atoms with van der Waals surface area (Å²) in [7, 11) is -4.73. The van der Waals surface area contributed by atoms with E-state index in [0.29, 0.717) is 10.9 Å². The van der Waals surface area contributed by atoms with E-state index in [1.165, 1.54) is 13.8 Å². The van der Waals surface area contributed by atoms with Gasteiger partial charge >= 0.3 is 13.3 Å². The van der Waals surface area contributed by atoms with Crippen LogP contribution in [0.25, 0.3) is 21.7 Å². The Balaban J connectivity index is 2.35. The molecule has 3 aromatic rings. The molecule has 0 saturated heterocycles. The molecule has 3 rings (SSSR count). The number of rotatable bonds is 6. The number of halogens is 2. The zero-order chi connectivity index (χ0) is 18.9. The van der Waals surface area contributed by atoms with E-state index >= 15 is 8.78 Å². The maximum atomic E-state index is 15.3. The van der Waals surface area contributed by atoms with E-state index < -0.39 is 19.0 Å². The Labute approximate surface area is 150 Å². The average Bonchev–Trinajstić information content (AvgIpc) is 2.61. The fourth-order valence-corrected chi connectivity index (χ4v) is 4.48. The molecule has 0 saturated carbocycles. The minimum absolute atomic E-state index is 0.155. The van der Waals surface area contributed by atoms with Crippen molar-refractivity contribution in [2.45, 2.75) is 26.4 Å². The van der Waals surface area contributed by atoms with Gasteiger partial charge in [-0.3, -0.25) is 4.57 Å². The molecule has 0 aliphatic heterocycles. The number of aryl methyl sites for hydroxylation is 1. The van der Waals surface area contributed by atoms with E-state index in [1.54, 1.807) is 36.4 Å². The fraction of sp³-hybridized carbons (Fsp3) is 0.316. The van der Waals surface area contributed by atoms with Gasteiger partial charge in [0, 0.05) is 10.8 Å². The number of hydrogen-bond acceptors (Lipinski definition) is 4. The molecule has 0 spiro atoms. The summed E-state index contributed by atoms with van der Waals surface area (Å²) in [5, 5.41) is 1.62. The van der Waals surface area contributed by atoms with Crippen molar-refractivity contribution in [2.75, 3.05) is 13.2 Å². The maximum absolute atomic E-state index is 15.3. The first-order chi connectivity index (χ1) is 12.3. The lowest BCUT2D eigenvalue weighted by Gasteiger charge is -2.26. The van der Waals surface area contributed by atoms with Crippen LogP contribution in [0.4, 0.5) is 8.78 Å². The molecular weight excluding hydrogens is 359 g/mol. The largest absolute Gasteiger partial charge is 0.406 e. The molecular formula is C19H20F2NO3P. The first-order valence-electron chi connectivity index (χ1n) is 8.40. The Morgan fingerprint density at radius 2 is 1.62 bits per heavy atom. The van der Waals surface area contributed by atoms with Crippen LogP contribution in [0, 0.1) is 6.92 Å². The van der Waals surface area contributed by atoms with Gasteiger partial charge in [0.15, 0.2) is 0 Å². The lowest BCUT2D eigenvalue weighted by atomic mass is 10.0. The highest BCUT2D eigenvalue weighted by Gasteiger charge is 2.56. The monoisotopic (exact) mass is 379 g/mol. The molecule has 0 radical (unpaired) electrons. The highest BCUT2D eigenvalue weighted by atomic mass is 31.2. The third-order valence-electron chi connectivity index (χ3n) is 4.08. The molecule has 138 valence electrons. The Bertz CT molecular complexity index is 997. The maximum Gasteiger partial charge on any atom is 0.406 e. The van der Waals surface area contributed by atoms with Crippen molar-refractivity contribution >= 4 is 29.3 Å². The zero-order valence-electron chi connectivity index (χ0n) is 14.8. The standard InChI is InChI=1S/C19H20F2NO3P/c1-4-24-26(23,25-5-2)19(20,21)18-15-9-7-6-8-14(15)16-12-13(3)10-11-17(16)22-18/h6-12H,4-5H2,1-3H3. The molecule has 0 atom stereocenters. The molecule has 0 aliphatic carbocycles. The smallest absolute Gasteiger partial charge is 0.304 e. The summed E-state index contributed by atoms with van der Waals surface area (Å²) in [5.41, 5.74) is -3.06. The highest BCUT2D eigenvalue weighted by molar-refractivity contribution is 7.54. The second-order valence-corrected chi connectivity index (χ2v) is 7.97. The SMILES string of the molecule is CCOP(=O)(OCC)C(F)(F)c1nc2ccc(C)cc2c2ccccc12. The highest BCUT2D eigenvalue weighted by Crippen LogP contribution is 2.67. The molecule has 1 heterocycles. The van der Waals surface area contributed by atoms with E-state index in [-0.39, 0.29) is 18.6 Å². The summed E-state index contributed by atoms with van der Waals surface area (Å²) >= 11 is 0.